The fourth-order valence-electron chi connectivity index (χ4n) is 0.933. The summed E-state index contributed by atoms with van der Waals surface area (Å²) in [7, 11) is -3.46. The van der Waals surface area contributed by atoms with E-state index in [0.717, 1.165) is 6.42 Å². The van der Waals surface area contributed by atoms with E-state index < -0.39 is 10.0 Å². The molecule has 0 saturated carbocycles. The first-order valence-electron chi connectivity index (χ1n) is 4.50. The fourth-order valence-corrected chi connectivity index (χ4v) is 1.86. The molecule has 0 amide bonds. The van der Waals surface area contributed by atoms with Gasteiger partial charge in [-0.15, -0.1) is 0 Å². The molecule has 0 N–H and O–H groups in total. The number of hydrogen-bond acceptors (Lipinski definition) is 2. The van der Waals surface area contributed by atoms with Gasteiger partial charge in [-0.3, -0.25) is 0 Å². The summed E-state index contributed by atoms with van der Waals surface area (Å²) in [4.78, 5) is 0.243. The fraction of sp³-hybridized carbons (Fsp3) is 0.300. The van der Waals surface area contributed by atoms with E-state index in [1.807, 2.05) is 6.92 Å². The van der Waals surface area contributed by atoms with Gasteiger partial charge in [-0.25, -0.2) is 0 Å². The Morgan fingerprint density at radius 1 is 1.29 bits per heavy atom. The molecule has 0 spiro atoms. The number of hydrogen-bond donors (Lipinski definition) is 0. The predicted molar refractivity (Wildman–Crippen MR) is 57.0 cm³/mol. The van der Waals surface area contributed by atoms with Gasteiger partial charge in [0.15, 0.2) is 0 Å². The van der Waals surface area contributed by atoms with Gasteiger partial charge in [-0.1, -0.05) is 31.5 Å². The Hall–Kier alpha value is -1.16. The van der Waals surface area contributed by atoms with E-state index in [9.17, 15) is 8.42 Å². The zero-order valence-corrected chi connectivity index (χ0v) is 8.87. The average molecular weight is 211 g/mol. The maximum Gasteiger partial charge on any atom is 0.281 e. The lowest BCUT2D eigenvalue weighted by molar-refractivity contribution is 0.598. The van der Waals surface area contributed by atoms with Gasteiger partial charge in [-0.2, -0.15) is 12.8 Å². The highest BCUT2D eigenvalue weighted by Gasteiger charge is 2.09. The molecule has 0 saturated heterocycles. The van der Waals surface area contributed by atoms with E-state index in [1.165, 1.54) is 6.21 Å². The number of benzene rings is 1. The summed E-state index contributed by atoms with van der Waals surface area (Å²) in [5.41, 5.74) is 0. The highest BCUT2D eigenvalue weighted by Crippen LogP contribution is 2.10. The second-order valence-electron chi connectivity index (χ2n) is 2.86. The second-order valence-corrected chi connectivity index (χ2v) is 4.50. The molecular formula is C10H13NO2S. The molecule has 76 valence electrons. The molecule has 1 aromatic carbocycles. The third kappa shape index (κ3) is 2.96. The minimum absolute atomic E-state index is 0.243. The normalized spacial score (nSPS) is 12.1. The summed E-state index contributed by atoms with van der Waals surface area (Å²) in [6.07, 6.45) is 3.03. The molecule has 3 nitrogen and oxygen atoms in total. The third-order valence-corrected chi connectivity index (χ3v) is 2.97. The Morgan fingerprint density at radius 3 is 2.50 bits per heavy atom. The van der Waals surface area contributed by atoms with Gasteiger partial charge in [0.1, 0.15) is 0 Å². The van der Waals surface area contributed by atoms with Crippen LogP contribution in [-0.2, 0) is 10.0 Å². The van der Waals surface area contributed by atoms with Crippen LogP contribution in [-0.4, -0.2) is 14.6 Å². The van der Waals surface area contributed by atoms with Gasteiger partial charge in [0.2, 0.25) is 0 Å². The maximum absolute atomic E-state index is 11.5. The highest BCUT2D eigenvalue weighted by atomic mass is 32.2. The molecule has 4 heteroatoms. The van der Waals surface area contributed by atoms with E-state index >= 15 is 0 Å². The van der Waals surface area contributed by atoms with Crippen LogP contribution in [0.15, 0.2) is 39.6 Å². The van der Waals surface area contributed by atoms with Crippen LogP contribution in [0.4, 0.5) is 0 Å². The second kappa shape index (κ2) is 4.91. The molecule has 1 rings (SSSR count). The minimum atomic E-state index is -3.46. The van der Waals surface area contributed by atoms with E-state index in [4.69, 9.17) is 0 Å². The van der Waals surface area contributed by atoms with Crippen molar-refractivity contribution in [3.05, 3.63) is 30.3 Å². The summed E-state index contributed by atoms with van der Waals surface area (Å²) in [6.45, 7) is 1.97. The summed E-state index contributed by atoms with van der Waals surface area (Å²) in [5, 5.41) is 0. The van der Waals surface area contributed by atoms with Crippen molar-refractivity contribution in [2.24, 2.45) is 4.40 Å². The third-order valence-electron chi connectivity index (χ3n) is 1.67. The first-order valence-corrected chi connectivity index (χ1v) is 5.94. The SMILES string of the molecule is CCCC=NS(=O)(=O)c1ccccc1. The van der Waals surface area contributed by atoms with Gasteiger partial charge in [0.05, 0.1) is 4.90 Å². The quantitative estimate of drug-likeness (QED) is 0.717. The molecule has 1 aromatic rings. The van der Waals surface area contributed by atoms with E-state index in [-0.39, 0.29) is 4.90 Å². The van der Waals surface area contributed by atoms with Crippen LogP contribution in [0.5, 0.6) is 0 Å². The van der Waals surface area contributed by atoms with Crippen molar-refractivity contribution < 1.29 is 8.42 Å². The van der Waals surface area contributed by atoms with Crippen LogP contribution in [0.1, 0.15) is 19.8 Å². The maximum atomic E-state index is 11.5. The number of sulfonamides is 1. The van der Waals surface area contributed by atoms with Crippen LogP contribution < -0.4 is 0 Å². The zero-order valence-electron chi connectivity index (χ0n) is 8.05. The van der Waals surface area contributed by atoms with Gasteiger partial charge >= 0.3 is 0 Å². The van der Waals surface area contributed by atoms with Crippen molar-refractivity contribution in [3.8, 4) is 0 Å². The lowest BCUT2D eigenvalue weighted by atomic mass is 10.4. The van der Waals surface area contributed by atoms with Gasteiger partial charge in [0, 0.05) is 6.21 Å². The zero-order chi connectivity index (χ0) is 10.4. The Balaban J connectivity index is 2.87. The van der Waals surface area contributed by atoms with Crippen LogP contribution in [0.2, 0.25) is 0 Å². The first-order chi connectivity index (χ1) is 6.67. The summed E-state index contributed by atoms with van der Waals surface area (Å²) in [6, 6.07) is 8.22. The molecule has 0 unspecified atom stereocenters. The van der Waals surface area contributed by atoms with E-state index in [0.29, 0.717) is 6.42 Å². The van der Waals surface area contributed by atoms with Gasteiger partial charge in [0.25, 0.3) is 10.0 Å². The molecule has 0 aliphatic heterocycles. The van der Waals surface area contributed by atoms with E-state index in [2.05, 4.69) is 4.40 Å². The topological polar surface area (TPSA) is 46.5 Å². The molecule has 0 fully saturated rings. The van der Waals surface area contributed by atoms with Crippen LogP contribution in [0, 0.1) is 0 Å². The van der Waals surface area contributed by atoms with Crippen molar-refractivity contribution in [1.82, 2.24) is 0 Å². The van der Waals surface area contributed by atoms with Gasteiger partial charge < -0.3 is 0 Å². The van der Waals surface area contributed by atoms with Crippen LogP contribution in [0.3, 0.4) is 0 Å². The van der Waals surface area contributed by atoms with Crippen molar-refractivity contribution >= 4 is 16.2 Å². The predicted octanol–water partition coefficient (Wildman–Crippen LogP) is 2.25. The summed E-state index contributed by atoms with van der Waals surface area (Å²) in [5.74, 6) is 0. The Bertz CT molecular complexity index is 395. The van der Waals surface area contributed by atoms with Crippen molar-refractivity contribution in [3.63, 3.8) is 0 Å². The summed E-state index contributed by atoms with van der Waals surface area (Å²) < 4.78 is 26.6. The smallest absolute Gasteiger partial charge is 0.199 e. The number of nitrogens with zero attached hydrogens (tertiary/aromatic N) is 1. The Morgan fingerprint density at radius 2 is 1.93 bits per heavy atom. The molecule has 0 aliphatic carbocycles. The Labute approximate surface area is 84.5 Å². The van der Waals surface area contributed by atoms with Crippen molar-refractivity contribution in [2.75, 3.05) is 0 Å². The molecule has 0 aliphatic rings. The standard InChI is InChI=1S/C10H13NO2S/c1-2-3-9-11-14(12,13)10-7-5-4-6-8-10/h4-9H,2-3H2,1H3. The van der Waals surface area contributed by atoms with Gasteiger partial charge in [-0.05, 0) is 18.6 Å². The highest BCUT2D eigenvalue weighted by molar-refractivity contribution is 7.90. The molecule has 0 heterocycles. The first kappa shape index (κ1) is 10.9. The van der Waals surface area contributed by atoms with E-state index in [1.54, 1.807) is 30.3 Å². The minimum Gasteiger partial charge on any atom is -0.199 e. The van der Waals surface area contributed by atoms with Crippen LogP contribution >= 0.6 is 0 Å². The molecule has 0 aromatic heterocycles. The number of unbranched alkanes of at least 4 members (excludes halogenated alkanes) is 1. The molecule has 14 heavy (non-hydrogen) atoms. The van der Waals surface area contributed by atoms with Crippen molar-refractivity contribution in [1.29, 1.82) is 0 Å². The molecule has 0 bridgehead atoms. The monoisotopic (exact) mass is 211 g/mol. The Kier molecular flexibility index (Phi) is 3.83. The lowest BCUT2D eigenvalue weighted by Gasteiger charge is -1.96. The summed E-state index contributed by atoms with van der Waals surface area (Å²) >= 11 is 0. The van der Waals surface area contributed by atoms with Crippen molar-refractivity contribution in [2.45, 2.75) is 24.7 Å². The lowest BCUT2D eigenvalue weighted by Crippen LogP contribution is -1.96. The van der Waals surface area contributed by atoms with Crippen LogP contribution in [0.25, 0.3) is 0 Å². The molecular weight excluding hydrogens is 198 g/mol. The molecule has 0 atom stereocenters. The number of rotatable bonds is 4. The molecule has 0 radical (unpaired) electrons. The average Bonchev–Trinajstić information content (AvgIpc) is 2.19. The largest absolute Gasteiger partial charge is 0.281 e.